The van der Waals surface area contributed by atoms with Gasteiger partial charge in [-0.25, -0.2) is 4.98 Å². The first-order chi connectivity index (χ1) is 11.0. The van der Waals surface area contributed by atoms with Crippen LogP contribution >= 0.6 is 0 Å². The molecule has 23 heavy (non-hydrogen) atoms. The number of aromatic nitrogens is 1. The Morgan fingerprint density at radius 3 is 2.70 bits per heavy atom. The van der Waals surface area contributed by atoms with Gasteiger partial charge in [-0.3, -0.25) is 0 Å². The molecule has 1 aromatic heterocycles. The summed E-state index contributed by atoms with van der Waals surface area (Å²) in [7, 11) is 0. The van der Waals surface area contributed by atoms with Gasteiger partial charge in [-0.15, -0.1) is 0 Å². The molecule has 0 spiro atoms. The van der Waals surface area contributed by atoms with E-state index in [1.165, 1.54) is 36.0 Å². The van der Waals surface area contributed by atoms with Crippen molar-refractivity contribution < 1.29 is 4.42 Å². The molecular weight excluding hydrogens is 282 g/mol. The number of aryl methyl sites for hydroxylation is 1. The van der Waals surface area contributed by atoms with Crippen LogP contribution in [0.5, 0.6) is 0 Å². The van der Waals surface area contributed by atoms with Crippen LogP contribution in [0.15, 0.2) is 22.5 Å². The van der Waals surface area contributed by atoms with Gasteiger partial charge in [0.05, 0.1) is 0 Å². The second kappa shape index (κ2) is 5.22. The van der Waals surface area contributed by atoms with E-state index in [0.29, 0.717) is 17.8 Å². The highest BCUT2D eigenvalue weighted by atomic mass is 16.3. The predicted octanol–water partition coefficient (Wildman–Crippen LogP) is 6.21. The van der Waals surface area contributed by atoms with Crippen LogP contribution in [0.4, 0.5) is 0 Å². The van der Waals surface area contributed by atoms with Crippen molar-refractivity contribution in [3.63, 3.8) is 0 Å². The zero-order valence-corrected chi connectivity index (χ0v) is 14.9. The fraction of sp³-hybridized carbons (Fsp3) is 0.571. The number of hydrogen-bond acceptors (Lipinski definition) is 2. The maximum Gasteiger partial charge on any atom is 0.182 e. The highest BCUT2D eigenvalue weighted by Crippen LogP contribution is 2.55. The van der Waals surface area contributed by atoms with Crippen LogP contribution in [0.1, 0.15) is 87.0 Å². The largest absolute Gasteiger partial charge is 0.443 e. The number of nitrogens with zero attached hydrogens (tertiary/aromatic N) is 1. The molecule has 2 heteroatoms. The second-order valence-corrected chi connectivity index (χ2v) is 8.04. The first-order valence-corrected chi connectivity index (χ1v) is 9.03. The molecule has 1 aromatic carbocycles. The summed E-state index contributed by atoms with van der Waals surface area (Å²) in [4.78, 5) is 4.56. The van der Waals surface area contributed by atoms with Crippen molar-refractivity contribution in [2.45, 2.75) is 71.6 Å². The fourth-order valence-corrected chi connectivity index (χ4v) is 5.19. The molecular formula is C21H27NO. The lowest BCUT2D eigenvalue weighted by molar-refractivity contribution is 0.332. The fourth-order valence-electron chi connectivity index (χ4n) is 5.19. The van der Waals surface area contributed by atoms with Crippen molar-refractivity contribution in [2.24, 2.45) is 5.92 Å². The number of fused-ring (bicyclic) bond motifs is 2. The highest BCUT2D eigenvalue weighted by Gasteiger charge is 2.40. The Morgan fingerprint density at radius 2 is 1.96 bits per heavy atom. The van der Waals surface area contributed by atoms with E-state index in [1.54, 1.807) is 17.5 Å². The van der Waals surface area contributed by atoms with Gasteiger partial charge in [0.1, 0.15) is 5.52 Å². The minimum atomic E-state index is 0.534. The van der Waals surface area contributed by atoms with Crippen molar-refractivity contribution in [1.29, 1.82) is 0 Å². The molecule has 1 heterocycles. The maximum atomic E-state index is 5.86. The summed E-state index contributed by atoms with van der Waals surface area (Å²) in [5, 5.41) is 0. The van der Waals surface area contributed by atoms with E-state index in [1.807, 2.05) is 0 Å². The third-order valence-electron chi connectivity index (χ3n) is 6.14. The van der Waals surface area contributed by atoms with Gasteiger partial charge in [0.15, 0.2) is 12.0 Å². The summed E-state index contributed by atoms with van der Waals surface area (Å²) in [6.07, 6.45) is 7.97. The number of allylic oxidation sites excluding steroid dienone is 2. The predicted molar refractivity (Wildman–Crippen MR) is 95.1 cm³/mol. The van der Waals surface area contributed by atoms with E-state index in [0.717, 1.165) is 17.0 Å². The quantitative estimate of drug-likeness (QED) is 0.585. The number of hydrogen-bond donors (Lipinski definition) is 0. The molecule has 0 unspecified atom stereocenters. The van der Waals surface area contributed by atoms with Crippen molar-refractivity contribution in [1.82, 2.24) is 4.98 Å². The SMILES string of the molecule is CC(C)=C[C@H]1C[C@H](C)[C@H]2CC[C@H](C)c3c2c1c(C)c1ncoc31. The van der Waals surface area contributed by atoms with Crippen LogP contribution < -0.4 is 0 Å². The second-order valence-electron chi connectivity index (χ2n) is 8.04. The average molecular weight is 309 g/mol. The minimum Gasteiger partial charge on any atom is -0.443 e. The van der Waals surface area contributed by atoms with Crippen molar-refractivity contribution in [2.75, 3.05) is 0 Å². The van der Waals surface area contributed by atoms with Crippen LogP contribution in [0.2, 0.25) is 0 Å². The summed E-state index contributed by atoms with van der Waals surface area (Å²) in [6, 6.07) is 0. The van der Waals surface area contributed by atoms with Gasteiger partial charge in [-0.1, -0.05) is 25.5 Å². The van der Waals surface area contributed by atoms with Crippen LogP contribution in [0, 0.1) is 12.8 Å². The number of oxazole rings is 1. The zero-order chi connectivity index (χ0) is 16.3. The Morgan fingerprint density at radius 1 is 1.17 bits per heavy atom. The van der Waals surface area contributed by atoms with Crippen LogP contribution in [0.3, 0.4) is 0 Å². The normalized spacial score (nSPS) is 29.4. The molecule has 0 N–H and O–H groups in total. The molecule has 0 saturated heterocycles. The molecule has 2 aromatic rings. The van der Waals surface area contributed by atoms with E-state index in [4.69, 9.17) is 4.42 Å². The summed E-state index contributed by atoms with van der Waals surface area (Å²) >= 11 is 0. The molecule has 122 valence electrons. The molecule has 0 fully saturated rings. The van der Waals surface area contributed by atoms with E-state index in [9.17, 15) is 0 Å². The summed E-state index contributed by atoms with van der Waals surface area (Å²) < 4.78 is 5.86. The van der Waals surface area contributed by atoms with Gasteiger partial charge >= 0.3 is 0 Å². The monoisotopic (exact) mass is 309 g/mol. The third kappa shape index (κ3) is 2.10. The summed E-state index contributed by atoms with van der Waals surface area (Å²) in [6.45, 7) is 11.5. The van der Waals surface area contributed by atoms with Gasteiger partial charge in [0.25, 0.3) is 0 Å². The molecule has 0 radical (unpaired) electrons. The maximum absolute atomic E-state index is 5.86. The topological polar surface area (TPSA) is 26.0 Å². The smallest absolute Gasteiger partial charge is 0.182 e. The lowest BCUT2D eigenvalue weighted by atomic mass is 9.62. The van der Waals surface area contributed by atoms with Gasteiger partial charge in [-0.05, 0) is 74.5 Å². The molecule has 0 saturated carbocycles. The summed E-state index contributed by atoms with van der Waals surface area (Å²) in [5.74, 6) is 2.56. The molecule has 4 rings (SSSR count). The number of rotatable bonds is 1. The van der Waals surface area contributed by atoms with Crippen LogP contribution in [0.25, 0.3) is 11.1 Å². The Balaban J connectivity index is 2.10. The van der Waals surface area contributed by atoms with Gasteiger partial charge < -0.3 is 4.42 Å². The van der Waals surface area contributed by atoms with Crippen molar-refractivity contribution in [3.8, 4) is 0 Å². The van der Waals surface area contributed by atoms with Crippen LogP contribution in [-0.4, -0.2) is 4.98 Å². The van der Waals surface area contributed by atoms with Gasteiger partial charge in [0.2, 0.25) is 0 Å². The molecule has 2 aliphatic carbocycles. The standard InChI is InChI=1S/C21H27NO/c1-11(2)8-15-9-13(4)16-7-6-12(3)17-19(16)18(15)14(5)20-21(17)23-10-22-20/h8,10,12-13,15-16H,6-7,9H2,1-5H3/t12-,13-,15-,16+/m0/s1. The Bertz CT molecular complexity index is 794. The van der Waals surface area contributed by atoms with Crippen LogP contribution in [-0.2, 0) is 0 Å². The molecule has 2 nitrogen and oxygen atoms in total. The van der Waals surface area contributed by atoms with E-state index < -0.39 is 0 Å². The lowest BCUT2D eigenvalue weighted by Crippen LogP contribution is -2.28. The zero-order valence-electron chi connectivity index (χ0n) is 14.9. The Labute approximate surface area is 139 Å². The molecule has 0 bridgehead atoms. The molecule has 4 atom stereocenters. The molecule has 0 amide bonds. The average Bonchev–Trinajstić information content (AvgIpc) is 2.95. The molecule has 2 aliphatic rings. The Hall–Kier alpha value is -1.57. The van der Waals surface area contributed by atoms with E-state index in [-0.39, 0.29) is 0 Å². The van der Waals surface area contributed by atoms with E-state index >= 15 is 0 Å². The van der Waals surface area contributed by atoms with Crippen molar-refractivity contribution in [3.05, 3.63) is 40.3 Å². The first kappa shape index (κ1) is 15.0. The summed E-state index contributed by atoms with van der Waals surface area (Å²) in [5.41, 5.74) is 9.56. The highest BCUT2D eigenvalue weighted by molar-refractivity contribution is 5.84. The third-order valence-corrected chi connectivity index (χ3v) is 6.14. The van der Waals surface area contributed by atoms with Gasteiger partial charge in [0, 0.05) is 11.5 Å². The number of benzene rings is 1. The van der Waals surface area contributed by atoms with Crippen molar-refractivity contribution >= 4 is 11.1 Å². The minimum absolute atomic E-state index is 0.534. The first-order valence-electron chi connectivity index (χ1n) is 9.03. The Kier molecular flexibility index (Phi) is 3.40. The molecule has 0 aliphatic heterocycles. The van der Waals surface area contributed by atoms with Gasteiger partial charge in [-0.2, -0.15) is 0 Å². The lowest BCUT2D eigenvalue weighted by Gasteiger charge is -2.42. The van der Waals surface area contributed by atoms with E-state index in [2.05, 4.69) is 45.7 Å².